The average molecular weight is 588 g/mol. The van der Waals surface area contributed by atoms with Gasteiger partial charge in [0.15, 0.2) is 0 Å². The lowest BCUT2D eigenvalue weighted by molar-refractivity contribution is 0.00527. The highest BCUT2D eigenvalue weighted by Gasteiger charge is 2.14. The molecule has 0 aliphatic heterocycles. The van der Waals surface area contributed by atoms with E-state index in [-0.39, 0.29) is 18.1 Å². The van der Waals surface area contributed by atoms with Crippen LogP contribution < -0.4 is 4.74 Å². The topological polar surface area (TPSA) is 80.3 Å². The van der Waals surface area contributed by atoms with Crippen molar-refractivity contribution in [2.45, 2.75) is 11.8 Å². The van der Waals surface area contributed by atoms with Crippen LogP contribution in [0.1, 0.15) is 5.56 Å². The molecular weight excluding hydrogens is 564 g/mol. The molecule has 0 spiro atoms. The van der Waals surface area contributed by atoms with Gasteiger partial charge in [0.05, 0.1) is 54.9 Å². The number of halogens is 2. The maximum Gasteiger partial charge on any atom is 0.297 e. The van der Waals surface area contributed by atoms with Crippen LogP contribution in [0, 0.1) is 6.92 Å². The molecule has 7 nitrogen and oxygen atoms in total. The van der Waals surface area contributed by atoms with E-state index in [0.717, 1.165) is 18.9 Å². The molecule has 0 N–H and O–H groups in total. The minimum Gasteiger partial charge on any atom is -0.489 e. The highest BCUT2D eigenvalue weighted by molar-refractivity contribution is 9.12. The van der Waals surface area contributed by atoms with Crippen LogP contribution in [-0.2, 0) is 28.5 Å². The normalized spacial score (nSPS) is 11.7. The smallest absolute Gasteiger partial charge is 0.297 e. The van der Waals surface area contributed by atoms with Gasteiger partial charge in [-0.05, 0) is 50.9 Å². The Hall–Kier alpha value is -0.530. The molecule has 1 heterocycles. The SMILES string of the molecule is Cc1ccc(S(=O)(=O)OCCOCCOCCOCCOc2cc(Br)sc2Br)cc1. The predicted molar refractivity (Wildman–Crippen MR) is 122 cm³/mol. The summed E-state index contributed by atoms with van der Waals surface area (Å²) in [6, 6.07) is 8.40. The van der Waals surface area contributed by atoms with Crippen LogP contribution in [0.4, 0.5) is 0 Å². The molecular formula is C19H24Br2O7S2. The van der Waals surface area contributed by atoms with Crippen molar-refractivity contribution < 1.29 is 31.5 Å². The van der Waals surface area contributed by atoms with Gasteiger partial charge in [-0.25, -0.2) is 0 Å². The zero-order valence-corrected chi connectivity index (χ0v) is 21.3. The molecule has 11 heteroatoms. The lowest BCUT2D eigenvalue weighted by Gasteiger charge is -2.08. The predicted octanol–water partition coefficient (Wildman–Crippen LogP) is 4.42. The zero-order chi connectivity index (χ0) is 21.8. The zero-order valence-electron chi connectivity index (χ0n) is 16.5. The fraction of sp³-hybridized carbons (Fsp3) is 0.474. The van der Waals surface area contributed by atoms with Crippen molar-refractivity contribution in [3.8, 4) is 5.75 Å². The lowest BCUT2D eigenvalue weighted by atomic mass is 10.2. The first-order chi connectivity index (χ1) is 14.4. The van der Waals surface area contributed by atoms with Gasteiger partial charge in [-0.3, -0.25) is 4.18 Å². The summed E-state index contributed by atoms with van der Waals surface area (Å²) in [7, 11) is -3.75. The van der Waals surface area contributed by atoms with Gasteiger partial charge in [0.2, 0.25) is 0 Å². The Morgan fingerprint density at radius 1 is 0.833 bits per heavy atom. The van der Waals surface area contributed by atoms with Gasteiger partial charge in [0.1, 0.15) is 16.1 Å². The van der Waals surface area contributed by atoms with Gasteiger partial charge in [0, 0.05) is 6.07 Å². The summed E-state index contributed by atoms with van der Waals surface area (Å²) in [5.41, 5.74) is 0.982. The summed E-state index contributed by atoms with van der Waals surface area (Å²) in [5.74, 6) is 0.791. The molecule has 168 valence electrons. The van der Waals surface area contributed by atoms with Crippen molar-refractivity contribution in [1.29, 1.82) is 0 Å². The summed E-state index contributed by atoms with van der Waals surface area (Å²) >= 11 is 8.38. The number of ether oxygens (including phenoxy) is 4. The number of hydrogen-bond donors (Lipinski definition) is 0. The molecule has 0 fully saturated rings. The van der Waals surface area contributed by atoms with Crippen molar-refractivity contribution in [1.82, 2.24) is 0 Å². The highest BCUT2D eigenvalue weighted by Crippen LogP contribution is 2.37. The van der Waals surface area contributed by atoms with E-state index in [9.17, 15) is 8.42 Å². The van der Waals surface area contributed by atoms with E-state index in [0.29, 0.717) is 39.6 Å². The Morgan fingerprint density at radius 2 is 1.37 bits per heavy atom. The third-order valence-electron chi connectivity index (χ3n) is 3.63. The molecule has 2 aromatic rings. The van der Waals surface area contributed by atoms with E-state index >= 15 is 0 Å². The van der Waals surface area contributed by atoms with Gasteiger partial charge in [0.25, 0.3) is 10.1 Å². The van der Waals surface area contributed by atoms with Crippen LogP contribution in [0.2, 0.25) is 0 Å². The fourth-order valence-electron chi connectivity index (χ4n) is 2.15. The van der Waals surface area contributed by atoms with Crippen molar-refractivity contribution in [2.75, 3.05) is 52.9 Å². The van der Waals surface area contributed by atoms with Crippen LogP contribution in [0.25, 0.3) is 0 Å². The van der Waals surface area contributed by atoms with E-state index in [1.165, 1.54) is 12.1 Å². The van der Waals surface area contributed by atoms with Crippen LogP contribution in [-0.4, -0.2) is 61.3 Å². The molecule has 30 heavy (non-hydrogen) atoms. The van der Waals surface area contributed by atoms with Crippen molar-refractivity contribution in [3.63, 3.8) is 0 Å². The van der Waals surface area contributed by atoms with E-state index in [2.05, 4.69) is 31.9 Å². The molecule has 1 aromatic heterocycles. The Balaban J connectivity index is 1.40. The minimum absolute atomic E-state index is 0.0455. The number of aryl methyl sites for hydroxylation is 1. The second-order valence-electron chi connectivity index (χ2n) is 5.96. The molecule has 0 radical (unpaired) electrons. The lowest BCUT2D eigenvalue weighted by Crippen LogP contribution is -2.15. The van der Waals surface area contributed by atoms with E-state index in [1.54, 1.807) is 23.5 Å². The van der Waals surface area contributed by atoms with Crippen molar-refractivity contribution in [2.24, 2.45) is 0 Å². The maximum atomic E-state index is 12.0. The van der Waals surface area contributed by atoms with Crippen molar-refractivity contribution >= 4 is 53.3 Å². The summed E-state index contributed by atoms with van der Waals surface area (Å²) < 4.78 is 52.6. The Bertz CT molecular complexity index is 854. The Labute approximate surface area is 198 Å². The van der Waals surface area contributed by atoms with Gasteiger partial charge in [-0.2, -0.15) is 8.42 Å². The highest BCUT2D eigenvalue weighted by atomic mass is 79.9. The van der Waals surface area contributed by atoms with Crippen molar-refractivity contribution in [3.05, 3.63) is 43.5 Å². The van der Waals surface area contributed by atoms with Gasteiger partial charge in [-0.1, -0.05) is 17.7 Å². The van der Waals surface area contributed by atoms with Crippen LogP contribution in [0.15, 0.2) is 42.8 Å². The third-order valence-corrected chi connectivity index (χ3v) is 7.24. The van der Waals surface area contributed by atoms with E-state index < -0.39 is 10.1 Å². The molecule has 0 atom stereocenters. The van der Waals surface area contributed by atoms with Crippen LogP contribution in [0.3, 0.4) is 0 Å². The molecule has 1 aromatic carbocycles. The largest absolute Gasteiger partial charge is 0.489 e. The molecule has 0 amide bonds. The molecule has 0 aliphatic rings. The molecule has 0 unspecified atom stereocenters. The molecule has 0 aliphatic carbocycles. The molecule has 0 saturated carbocycles. The first-order valence-corrected chi connectivity index (χ1v) is 13.0. The minimum atomic E-state index is -3.75. The Kier molecular flexibility index (Phi) is 11.8. The summed E-state index contributed by atoms with van der Waals surface area (Å²) in [6.07, 6.45) is 0. The summed E-state index contributed by atoms with van der Waals surface area (Å²) in [5, 5.41) is 0. The fourth-order valence-corrected chi connectivity index (χ4v) is 5.70. The third kappa shape index (κ3) is 9.73. The summed E-state index contributed by atoms with van der Waals surface area (Å²) in [4.78, 5) is 0.137. The second kappa shape index (κ2) is 13.8. The number of benzene rings is 1. The molecule has 0 saturated heterocycles. The second-order valence-corrected chi connectivity index (χ2v) is 11.3. The summed E-state index contributed by atoms with van der Waals surface area (Å²) in [6.45, 7) is 4.55. The van der Waals surface area contributed by atoms with E-state index in [4.69, 9.17) is 23.1 Å². The van der Waals surface area contributed by atoms with Gasteiger partial charge < -0.3 is 18.9 Å². The Morgan fingerprint density at radius 3 is 1.90 bits per heavy atom. The quantitative estimate of drug-likeness (QED) is 0.225. The molecule has 0 bridgehead atoms. The van der Waals surface area contributed by atoms with E-state index in [1.807, 2.05) is 13.0 Å². The number of hydrogen-bond acceptors (Lipinski definition) is 8. The first kappa shape index (κ1) is 25.7. The maximum absolute atomic E-state index is 12.0. The van der Waals surface area contributed by atoms with Gasteiger partial charge >= 0.3 is 0 Å². The van der Waals surface area contributed by atoms with Crippen LogP contribution in [0.5, 0.6) is 5.75 Å². The number of rotatable bonds is 15. The first-order valence-electron chi connectivity index (χ1n) is 9.15. The monoisotopic (exact) mass is 586 g/mol. The average Bonchev–Trinajstić information content (AvgIpc) is 3.02. The van der Waals surface area contributed by atoms with Crippen LogP contribution >= 0.6 is 43.2 Å². The standard InChI is InChI=1S/C19H24Br2O7S2/c1-15-2-4-16(5-3-15)30(22,23)28-13-11-26-9-7-24-6-8-25-10-12-27-17-14-18(20)29-19(17)21/h2-5,14H,6-13H2,1H3. The van der Waals surface area contributed by atoms with Gasteiger partial charge in [-0.15, -0.1) is 11.3 Å². The molecule has 2 rings (SSSR count). The number of thiophene rings is 1.